The monoisotopic (exact) mass is 264 g/mol. The van der Waals surface area contributed by atoms with Crippen LogP contribution in [0, 0.1) is 0 Å². The fraction of sp³-hybridized carbons (Fsp3) is 0.500. The first-order valence-corrected chi connectivity index (χ1v) is 6.88. The third-order valence-electron chi connectivity index (χ3n) is 2.50. The standard InChI is InChI=1S/C16H28N2O/c1-5-7-8-9-12-17-16(19)18-13-15(6-2)11-10-14(3)4/h6,8-11,16-19H,3,5,7,12-13H2,1-2,4H3/b9-8?,11-10-,15-6+. The van der Waals surface area contributed by atoms with Crippen LogP contribution in [-0.2, 0) is 0 Å². The summed E-state index contributed by atoms with van der Waals surface area (Å²) >= 11 is 0. The molecule has 0 aliphatic rings. The molecule has 3 N–H and O–H groups in total. The molecule has 0 saturated carbocycles. The van der Waals surface area contributed by atoms with Gasteiger partial charge in [-0.2, -0.15) is 0 Å². The van der Waals surface area contributed by atoms with Gasteiger partial charge >= 0.3 is 0 Å². The highest BCUT2D eigenvalue weighted by molar-refractivity contribution is 5.25. The summed E-state index contributed by atoms with van der Waals surface area (Å²) < 4.78 is 0. The maximum absolute atomic E-state index is 9.70. The van der Waals surface area contributed by atoms with Crippen molar-refractivity contribution in [2.75, 3.05) is 13.1 Å². The van der Waals surface area contributed by atoms with E-state index in [1.165, 1.54) is 0 Å². The van der Waals surface area contributed by atoms with E-state index in [2.05, 4.69) is 30.2 Å². The molecule has 0 rings (SSSR count). The molecule has 0 aromatic rings. The Labute approximate surface area is 117 Å². The summed E-state index contributed by atoms with van der Waals surface area (Å²) in [7, 11) is 0. The third-order valence-corrected chi connectivity index (χ3v) is 2.50. The Morgan fingerprint density at radius 1 is 1.26 bits per heavy atom. The number of unbranched alkanes of at least 4 members (excludes halogenated alkanes) is 1. The highest BCUT2D eigenvalue weighted by atomic mass is 16.3. The molecule has 0 amide bonds. The molecule has 0 aliphatic heterocycles. The van der Waals surface area contributed by atoms with Crippen molar-refractivity contribution in [3.8, 4) is 0 Å². The molecule has 0 aromatic heterocycles. The predicted octanol–water partition coefficient (Wildman–Crippen LogP) is 2.88. The van der Waals surface area contributed by atoms with Crippen LogP contribution in [0.5, 0.6) is 0 Å². The van der Waals surface area contributed by atoms with Crippen molar-refractivity contribution in [2.24, 2.45) is 0 Å². The van der Waals surface area contributed by atoms with Crippen LogP contribution >= 0.6 is 0 Å². The molecule has 0 spiro atoms. The maximum atomic E-state index is 9.70. The van der Waals surface area contributed by atoms with Crippen molar-refractivity contribution in [3.05, 3.63) is 48.1 Å². The first kappa shape index (κ1) is 17.8. The molecule has 3 nitrogen and oxygen atoms in total. The summed E-state index contributed by atoms with van der Waals surface area (Å²) in [5.74, 6) is 0. The second-order valence-corrected chi connectivity index (χ2v) is 4.50. The van der Waals surface area contributed by atoms with Crippen LogP contribution in [-0.4, -0.2) is 24.5 Å². The number of nitrogens with one attached hydrogen (secondary N) is 2. The molecular formula is C16H28N2O. The Kier molecular flexibility index (Phi) is 11.2. The summed E-state index contributed by atoms with van der Waals surface area (Å²) in [5.41, 5.74) is 2.13. The average molecular weight is 264 g/mol. The minimum atomic E-state index is -0.695. The van der Waals surface area contributed by atoms with Crippen LogP contribution in [0.25, 0.3) is 0 Å². The van der Waals surface area contributed by atoms with Crippen LogP contribution in [0.1, 0.15) is 33.6 Å². The van der Waals surface area contributed by atoms with Crippen molar-refractivity contribution in [3.63, 3.8) is 0 Å². The molecule has 0 radical (unpaired) electrons. The summed E-state index contributed by atoms with van der Waals surface area (Å²) in [4.78, 5) is 0. The minimum absolute atomic E-state index is 0.618. The smallest absolute Gasteiger partial charge is 0.160 e. The van der Waals surface area contributed by atoms with Gasteiger partial charge in [0.15, 0.2) is 6.35 Å². The van der Waals surface area contributed by atoms with E-state index in [1.54, 1.807) is 0 Å². The number of rotatable bonds is 10. The second-order valence-electron chi connectivity index (χ2n) is 4.50. The lowest BCUT2D eigenvalue weighted by Crippen LogP contribution is -2.42. The first-order valence-electron chi connectivity index (χ1n) is 6.88. The van der Waals surface area contributed by atoms with E-state index < -0.39 is 6.35 Å². The number of allylic oxidation sites excluding steroid dienone is 4. The SMILES string of the molecule is C=C(C)/C=C\C(=C/C)CNC(O)NCC=CCCC. The van der Waals surface area contributed by atoms with Gasteiger partial charge in [0.05, 0.1) is 0 Å². The predicted molar refractivity (Wildman–Crippen MR) is 83.8 cm³/mol. The molecule has 0 saturated heterocycles. The van der Waals surface area contributed by atoms with Gasteiger partial charge in [-0.15, -0.1) is 0 Å². The number of aliphatic hydroxyl groups excluding tert-OH is 1. The van der Waals surface area contributed by atoms with E-state index in [9.17, 15) is 5.11 Å². The van der Waals surface area contributed by atoms with Crippen molar-refractivity contribution < 1.29 is 5.11 Å². The summed E-state index contributed by atoms with van der Waals surface area (Å²) in [6, 6.07) is 0. The summed E-state index contributed by atoms with van der Waals surface area (Å²) in [6.07, 6.45) is 11.7. The molecule has 1 unspecified atom stereocenters. The molecule has 19 heavy (non-hydrogen) atoms. The number of aliphatic hydroxyl groups is 1. The lowest BCUT2D eigenvalue weighted by molar-refractivity contribution is 0.109. The van der Waals surface area contributed by atoms with E-state index in [1.807, 2.05) is 38.2 Å². The number of hydrogen-bond donors (Lipinski definition) is 3. The van der Waals surface area contributed by atoms with Gasteiger partial charge in [0, 0.05) is 13.1 Å². The molecule has 0 bridgehead atoms. The first-order chi connectivity index (χ1) is 9.10. The van der Waals surface area contributed by atoms with Gasteiger partial charge in [0.1, 0.15) is 0 Å². The van der Waals surface area contributed by atoms with Gasteiger partial charge in [0.25, 0.3) is 0 Å². The zero-order valence-corrected chi connectivity index (χ0v) is 12.4. The molecule has 0 aromatic carbocycles. The van der Waals surface area contributed by atoms with E-state index in [0.717, 1.165) is 24.0 Å². The summed E-state index contributed by atoms with van der Waals surface area (Å²) in [6.45, 7) is 11.2. The van der Waals surface area contributed by atoms with Gasteiger partial charge < -0.3 is 5.11 Å². The number of hydrogen-bond acceptors (Lipinski definition) is 3. The molecular weight excluding hydrogens is 236 g/mol. The quantitative estimate of drug-likeness (QED) is 0.323. The van der Waals surface area contributed by atoms with Crippen molar-refractivity contribution in [1.29, 1.82) is 0 Å². The Hall–Kier alpha value is -1.16. The van der Waals surface area contributed by atoms with E-state index in [4.69, 9.17) is 0 Å². The van der Waals surface area contributed by atoms with Crippen LogP contribution in [0.3, 0.4) is 0 Å². The second kappa shape index (κ2) is 11.9. The van der Waals surface area contributed by atoms with Crippen molar-refractivity contribution in [1.82, 2.24) is 10.6 Å². The highest BCUT2D eigenvalue weighted by Crippen LogP contribution is 1.99. The van der Waals surface area contributed by atoms with Crippen LogP contribution in [0.2, 0.25) is 0 Å². The Morgan fingerprint density at radius 2 is 2.00 bits per heavy atom. The fourth-order valence-electron chi connectivity index (χ4n) is 1.34. The molecule has 0 fully saturated rings. The molecule has 1 atom stereocenters. The Balaban J connectivity index is 3.87. The Bertz CT molecular complexity index is 330. The van der Waals surface area contributed by atoms with Crippen LogP contribution < -0.4 is 10.6 Å². The Morgan fingerprint density at radius 3 is 2.58 bits per heavy atom. The largest absolute Gasteiger partial charge is 0.365 e. The van der Waals surface area contributed by atoms with E-state index in [0.29, 0.717) is 13.1 Å². The van der Waals surface area contributed by atoms with Gasteiger partial charge in [-0.05, 0) is 25.8 Å². The minimum Gasteiger partial charge on any atom is -0.365 e. The van der Waals surface area contributed by atoms with Crippen LogP contribution in [0.15, 0.2) is 48.1 Å². The maximum Gasteiger partial charge on any atom is 0.160 e. The van der Waals surface area contributed by atoms with Gasteiger partial charge in [-0.3, -0.25) is 10.6 Å². The van der Waals surface area contributed by atoms with E-state index in [-0.39, 0.29) is 0 Å². The van der Waals surface area contributed by atoms with E-state index >= 15 is 0 Å². The topological polar surface area (TPSA) is 44.3 Å². The van der Waals surface area contributed by atoms with Gasteiger partial charge in [-0.25, -0.2) is 0 Å². The van der Waals surface area contributed by atoms with Crippen molar-refractivity contribution in [2.45, 2.75) is 40.0 Å². The molecule has 3 heteroatoms. The molecule has 0 heterocycles. The average Bonchev–Trinajstić information content (AvgIpc) is 2.38. The lowest BCUT2D eigenvalue weighted by Gasteiger charge is -2.13. The highest BCUT2D eigenvalue weighted by Gasteiger charge is 2.00. The zero-order valence-electron chi connectivity index (χ0n) is 12.4. The third kappa shape index (κ3) is 11.7. The molecule has 108 valence electrons. The van der Waals surface area contributed by atoms with Gasteiger partial charge in [-0.1, -0.05) is 55.9 Å². The summed E-state index contributed by atoms with van der Waals surface area (Å²) in [5, 5.41) is 15.7. The molecule has 0 aliphatic carbocycles. The van der Waals surface area contributed by atoms with Crippen LogP contribution in [0.4, 0.5) is 0 Å². The lowest BCUT2D eigenvalue weighted by atomic mass is 10.2. The zero-order chi connectivity index (χ0) is 14.5. The van der Waals surface area contributed by atoms with Crippen molar-refractivity contribution >= 4 is 0 Å². The normalized spacial score (nSPS) is 14.4. The van der Waals surface area contributed by atoms with Gasteiger partial charge in [0.2, 0.25) is 0 Å². The fourth-order valence-corrected chi connectivity index (χ4v) is 1.34.